The van der Waals surface area contributed by atoms with Crippen LogP contribution in [0.25, 0.3) is 0 Å². The van der Waals surface area contributed by atoms with E-state index in [1.54, 1.807) is 6.07 Å². The average molecular weight is 299 g/mol. The molecular weight excluding hydrogens is 287 g/mol. The molecule has 0 saturated carbocycles. The predicted octanol–water partition coefficient (Wildman–Crippen LogP) is 3.19. The Bertz CT molecular complexity index is 565. The van der Waals surface area contributed by atoms with Crippen molar-refractivity contribution in [2.45, 2.75) is 13.5 Å². The van der Waals surface area contributed by atoms with Crippen molar-refractivity contribution in [3.63, 3.8) is 0 Å². The average Bonchev–Trinajstić information content (AvgIpc) is 2.36. The Morgan fingerprint density at radius 2 is 2.05 bits per heavy atom. The zero-order chi connectivity index (χ0) is 13.7. The molecule has 0 unspecified atom stereocenters. The maximum absolute atomic E-state index is 5.89. The fraction of sp³-hybridized carbons (Fsp3) is 0.250. The first kappa shape index (κ1) is 13.8. The molecule has 0 fully saturated rings. The molecule has 100 valence electrons. The number of aromatic nitrogens is 3. The van der Waals surface area contributed by atoms with E-state index in [0.29, 0.717) is 24.1 Å². The smallest absolute Gasteiger partial charge is 0.322 e. The van der Waals surface area contributed by atoms with Crippen molar-refractivity contribution in [2.75, 3.05) is 11.9 Å². The molecule has 1 aromatic carbocycles. The molecule has 5 nitrogen and oxygen atoms in total. The Balaban J connectivity index is 2.06. The van der Waals surface area contributed by atoms with Gasteiger partial charge in [-0.05, 0) is 36.2 Å². The van der Waals surface area contributed by atoms with Gasteiger partial charge in [-0.2, -0.15) is 15.0 Å². The normalized spacial score (nSPS) is 10.3. The monoisotopic (exact) mass is 298 g/mol. The highest BCUT2D eigenvalue weighted by molar-refractivity contribution is 6.30. The van der Waals surface area contributed by atoms with Gasteiger partial charge in [-0.15, -0.1) is 0 Å². The van der Waals surface area contributed by atoms with Gasteiger partial charge in [0, 0.05) is 11.6 Å². The highest BCUT2D eigenvalue weighted by Gasteiger charge is 2.05. The molecule has 0 spiro atoms. The van der Waals surface area contributed by atoms with Crippen LogP contribution in [0.3, 0.4) is 0 Å². The van der Waals surface area contributed by atoms with Crippen LogP contribution in [0.15, 0.2) is 24.3 Å². The number of rotatable bonds is 5. The fourth-order valence-corrected chi connectivity index (χ4v) is 1.77. The van der Waals surface area contributed by atoms with Crippen LogP contribution < -0.4 is 10.1 Å². The van der Waals surface area contributed by atoms with Crippen LogP contribution in [0, 0.1) is 0 Å². The summed E-state index contributed by atoms with van der Waals surface area (Å²) in [5.41, 5.74) is 0.925. The van der Waals surface area contributed by atoms with Gasteiger partial charge in [0.25, 0.3) is 0 Å². The molecule has 19 heavy (non-hydrogen) atoms. The molecule has 0 atom stereocenters. The molecule has 7 heteroatoms. The number of benzene rings is 1. The van der Waals surface area contributed by atoms with Gasteiger partial charge in [-0.1, -0.05) is 23.7 Å². The minimum absolute atomic E-state index is 0.0899. The first-order chi connectivity index (χ1) is 9.17. The van der Waals surface area contributed by atoms with Gasteiger partial charge in [-0.25, -0.2) is 0 Å². The summed E-state index contributed by atoms with van der Waals surface area (Å²) in [6, 6.07) is 7.55. The number of hydrogen-bond acceptors (Lipinski definition) is 5. The number of hydrogen-bond donors (Lipinski definition) is 1. The Kier molecular flexibility index (Phi) is 4.76. The molecule has 2 rings (SSSR count). The Labute approximate surface area is 121 Å². The molecular formula is C12H12Cl2N4O. The van der Waals surface area contributed by atoms with Gasteiger partial charge >= 0.3 is 6.01 Å². The van der Waals surface area contributed by atoms with Gasteiger partial charge in [0.15, 0.2) is 0 Å². The van der Waals surface area contributed by atoms with Crippen molar-refractivity contribution >= 4 is 29.2 Å². The van der Waals surface area contributed by atoms with Crippen LogP contribution in [-0.2, 0) is 6.61 Å². The molecule has 0 bridgehead atoms. The van der Waals surface area contributed by atoms with Crippen molar-refractivity contribution < 1.29 is 4.74 Å². The summed E-state index contributed by atoms with van der Waals surface area (Å²) in [6.07, 6.45) is 0. The third-order valence-corrected chi connectivity index (χ3v) is 2.58. The van der Waals surface area contributed by atoms with Crippen LogP contribution in [0.1, 0.15) is 12.5 Å². The summed E-state index contributed by atoms with van der Waals surface area (Å²) in [7, 11) is 0. The maximum atomic E-state index is 5.89. The molecule has 2 aromatic rings. The van der Waals surface area contributed by atoms with Gasteiger partial charge in [-0.3, -0.25) is 0 Å². The lowest BCUT2D eigenvalue weighted by Gasteiger charge is -2.07. The number of halogens is 2. The number of anilines is 1. The van der Waals surface area contributed by atoms with E-state index in [-0.39, 0.29) is 11.3 Å². The standard InChI is InChI=1S/C12H12Cl2N4O/c1-2-15-11-16-10(14)17-12(18-11)19-7-8-4-3-5-9(13)6-8/h3-6H,2,7H2,1H3,(H,15,16,17,18). The molecule has 1 aromatic heterocycles. The lowest BCUT2D eigenvalue weighted by Crippen LogP contribution is -2.06. The van der Waals surface area contributed by atoms with E-state index >= 15 is 0 Å². The molecule has 0 aliphatic carbocycles. The SMILES string of the molecule is CCNc1nc(Cl)nc(OCc2cccc(Cl)c2)n1. The van der Waals surface area contributed by atoms with Gasteiger partial charge in [0.2, 0.25) is 11.2 Å². The van der Waals surface area contributed by atoms with E-state index in [1.807, 2.05) is 25.1 Å². The molecule has 1 N–H and O–H groups in total. The van der Waals surface area contributed by atoms with E-state index in [9.17, 15) is 0 Å². The van der Waals surface area contributed by atoms with Crippen LogP contribution in [0.2, 0.25) is 10.3 Å². The molecule has 0 aliphatic rings. The zero-order valence-corrected chi connectivity index (χ0v) is 11.7. The lowest BCUT2D eigenvalue weighted by molar-refractivity contribution is 0.280. The Hall–Kier alpha value is -1.59. The number of ether oxygens (including phenoxy) is 1. The third kappa shape index (κ3) is 4.22. The highest BCUT2D eigenvalue weighted by atomic mass is 35.5. The van der Waals surface area contributed by atoms with Gasteiger partial charge in [0.1, 0.15) is 6.61 Å². The largest absolute Gasteiger partial charge is 0.458 e. The van der Waals surface area contributed by atoms with Gasteiger partial charge in [0.05, 0.1) is 0 Å². The van der Waals surface area contributed by atoms with Crippen molar-refractivity contribution in [3.8, 4) is 6.01 Å². The maximum Gasteiger partial charge on any atom is 0.322 e. The minimum atomic E-state index is 0.0899. The number of nitrogens with one attached hydrogen (secondary N) is 1. The quantitative estimate of drug-likeness (QED) is 0.918. The summed E-state index contributed by atoms with van der Waals surface area (Å²) < 4.78 is 5.47. The molecule has 0 amide bonds. The highest BCUT2D eigenvalue weighted by Crippen LogP contribution is 2.15. The fourth-order valence-electron chi connectivity index (χ4n) is 1.41. The first-order valence-electron chi connectivity index (χ1n) is 5.70. The second-order valence-corrected chi connectivity index (χ2v) is 4.43. The summed E-state index contributed by atoms with van der Waals surface area (Å²) in [5.74, 6) is 0.392. The first-order valence-corrected chi connectivity index (χ1v) is 6.45. The van der Waals surface area contributed by atoms with E-state index in [1.165, 1.54) is 0 Å². The topological polar surface area (TPSA) is 59.9 Å². The third-order valence-electron chi connectivity index (χ3n) is 2.18. The second kappa shape index (κ2) is 6.54. The van der Waals surface area contributed by atoms with E-state index in [0.717, 1.165) is 5.56 Å². The van der Waals surface area contributed by atoms with Crippen LogP contribution in [0.5, 0.6) is 6.01 Å². The van der Waals surface area contributed by atoms with E-state index < -0.39 is 0 Å². The predicted molar refractivity (Wildman–Crippen MR) is 74.8 cm³/mol. The van der Waals surface area contributed by atoms with Crippen molar-refractivity contribution in [3.05, 3.63) is 40.1 Å². The molecule has 0 saturated heterocycles. The molecule has 1 heterocycles. The number of nitrogens with zero attached hydrogens (tertiary/aromatic N) is 3. The Morgan fingerprint density at radius 3 is 2.79 bits per heavy atom. The summed E-state index contributed by atoms with van der Waals surface area (Å²) in [6.45, 7) is 2.94. The minimum Gasteiger partial charge on any atom is -0.458 e. The van der Waals surface area contributed by atoms with Crippen molar-refractivity contribution in [1.82, 2.24) is 15.0 Å². The van der Waals surface area contributed by atoms with E-state index in [4.69, 9.17) is 27.9 Å². The summed E-state index contributed by atoms with van der Waals surface area (Å²) in [4.78, 5) is 11.9. The molecule has 0 aliphatic heterocycles. The summed E-state index contributed by atoms with van der Waals surface area (Å²) >= 11 is 11.7. The zero-order valence-electron chi connectivity index (χ0n) is 10.2. The van der Waals surface area contributed by atoms with Crippen molar-refractivity contribution in [2.24, 2.45) is 0 Å². The van der Waals surface area contributed by atoms with Gasteiger partial charge < -0.3 is 10.1 Å². The second-order valence-electron chi connectivity index (χ2n) is 3.66. The van der Waals surface area contributed by atoms with Crippen LogP contribution in [-0.4, -0.2) is 21.5 Å². The van der Waals surface area contributed by atoms with Crippen LogP contribution >= 0.6 is 23.2 Å². The Morgan fingerprint density at radius 1 is 1.21 bits per heavy atom. The van der Waals surface area contributed by atoms with Crippen LogP contribution in [0.4, 0.5) is 5.95 Å². The summed E-state index contributed by atoms with van der Waals surface area (Å²) in [5, 5.41) is 3.69. The van der Waals surface area contributed by atoms with E-state index in [2.05, 4.69) is 20.3 Å². The lowest BCUT2D eigenvalue weighted by atomic mass is 10.2. The molecule has 0 radical (unpaired) electrons. The van der Waals surface area contributed by atoms with Crippen molar-refractivity contribution in [1.29, 1.82) is 0 Å².